The lowest BCUT2D eigenvalue weighted by molar-refractivity contribution is 0.446. The summed E-state index contributed by atoms with van der Waals surface area (Å²) >= 11 is 0. The summed E-state index contributed by atoms with van der Waals surface area (Å²) in [6, 6.07) is 37.8. The first-order chi connectivity index (χ1) is 34.0. The first-order valence-electron chi connectivity index (χ1n) is 26.9. The van der Waals surface area contributed by atoms with Gasteiger partial charge in [0.15, 0.2) is 0 Å². The number of aromatic nitrogens is 3. The van der Waals surface area contributed by atoms with Crippen molar-refractivity contribution in [3.8, 4) is 67.5 Å². The molecule has 1 N–H and O–H groups in total. The number of aryl methyl sites for hydroxylation is 3. The molecule has 2 aromatic heterocycles. The van der Waals surface area contributed by atoms with Gasteiger partial charge in [0.2, 0.25) is 0 Å². The van der Waals surface area contributed by atoms with E-state index in [1.54, 1.807) is 18.3 Å². The predicted octanol–water partition coefficient (Wildman–Crippen LogP) is 16.6. The van der Waals surface area contributed by atoms with Gasteiger partial charge in [-0.3, -0.25) is 9.55 Å². The number of hydrogen-bond donors (Lipinski definition) is 1. The molecule has 6 aromatic carbocycles. The largest absolute Gasteiger partial charge is 0.507 e. The van der Waals surface area contributed by atoms with Gasteiger partial charge in [0.1, 0.15) is 11.6 Å². The van der Waals surface area contributed by atoms with E-state index in [-0.39, 0.29) is 38.7 Å². The molecule has 0 fully saturated rings. The molecule has 0 aliphatic heterocycles. The number of pyridine rings is 1. The van der Waals surface area contributed by atoms with Gasteiger partial charge >= 0.3 is 0 Å². The molecule has 0 aliphatic rings. The fourth-order valence-corrected chi connectivity index (χ4v) is 8.57. The molecule has 0 saturated heterocycles. The van der Waals surface area contributed by atoms with E-state index in [1.807, 2.05) is 65.2 Å². The molecular formula is C61H67N3O. The highest BCUT2D eigenvalue weighted by molar-refractivity contribution is 5.97. The van der Waals surface area contributed by atoms with Crippen LogP contribution in [0.25, 0.3) is 72.7 Å². The van der Waals surface area contributed by atoms with Crippen LogP contribution in [0.15, 0.2) is 128 Å². The molecule has 0 atom stereocenters. The zero-order valence-electron chi connectivity index (χ0n) is 48.9. The first-order valence-corrected chi connectivity index (χ1v) is 22.4. The smallest absolute Gasteiger partial charge is 0.149 e. The van der Waals surface area contributed by atoms with Crippen LogP contribution in [0.4, 0.5) is 0 Å². The van der Waals surface area contributed by atoms with Crippen molar-refractivity contribution in [1.29, 1.82) is 0 Å². The second-order valence-corrected chi connectivity index (χ2v) is 21.7. The van der Waals surface area contributed by atoms with Gasteiger partial charge < -0.3 is 5.11 Å². The molecule has 0 radical (unpaired) electrons. The minimum absolute atomic E-state index is 0.0589. The number of phenols is 1. The Balaban J connectivity index is 1.41. The van der Waals surface area contributed by atoms with Crippen molar-refractivity contribution in [3.05, 3.63) is 166 Å². The Hall–Kier alpha value is -6.26. The Morgan fingerprint density at radius 2 is 1.12 bits per heavy atom. The molecule has 0 aliphatic carbocycles. The van der Waals surface area contributed by atoms with Crippen LogP contribution >= 0.6 is 0 Å². The lowest BCUT2D eigenvalue weighted by Gasteiger charge is -2.27. The second-order valence-electron chi connectivity index (χ2n) is 21.7. The van der Waals surface area contributed by atoms with Crippen LogP contribution in [0, 0.1) is 20.6 Å². The van der Waals surface area contributed by atoms with E-state index in [2.05, 4.69) is 113 Å². The van der Waals surface area contributed by atoms with Crippen LogP contribution in [0.1, 0.15) is 134 Å². The van der Waals surface area contributed by atoms with E-state index in [0.29, 0.717) is 44.9 Å². The summed E-state index contributed by atoms with van der Waals surface area (Å²) in [5.41, 5.74) is 10.3. The van der Waals surface area contributed by atoms with Crippen molar-refractivity contribution in [2.45, 2.75) is 125 Å². The van der Waals surface area contributed by atoms with Crippen LogP contribution < -0.4 is 0 Å². The Morgan fingerprint density at radius 3 is 1.75 bits per heavy atom. The van der Waals surface area contributed by atoms with Crippen LogP contribution in [0.3, 0.4) is 0 Å². The maximum Gasteiger partial charge on any atom is 0.149 e. The zero-order chi connectivity index (χ0) is 54.5. The van der Waals surface area contributed by atoms with E-state index in [9.17, 15) is 5.11 Å². The number of aromatic hydroxyl groups is 1. The minimum Gasteiger partial charge on any atom is -0.507 e. The Morgan fingerprint density at radius 1 is 0.492 bits per heavy atom. The molecule has 4 nitrogen and oxygen atoms in total. The molecule has 0 amide bonds. The van der Waals surface area contributed by atoms with Crippen LogP contribution in [0.5, 0.6) is 5.75 Å². The third-order valence-corrected chi connectivity index (χ3v) is 12.5. The number of phenolic OH excluding ortho intramolecular Hbond substituents is 1. The van der Waals surface area contributed by atoms with Crippen LogP contribution in [-0.4, -0.2) is 19.6 Å². The number of fused-ring (bicyclic) bond motifs is 1. The Kier molecular flexibility index (Phi) is 8.80. The van der Waals surface area contributed by atoms with Crippen molar-refractivity contribution in [1.82, 2.24) is 14.5 Å². The Bertz CT molecular complexity index is 3410. The van der Waals surface area contributed by atoms with Crippen molar-refractivity contribution in [2.75, 3.05) is 0 Å². The maximum absolute atomic E-state index is 12.5. The summed E-state index contributed by atoms with van der Waals surface area (Å²) in [6.07, 6.45) is 1.64. The van der Waals surface area contributed by atoms with Gasteiger partial charge in [-0.25, -0.2) is 4.98 Å². The van der Waals surface area contributed by atoms with Crippen molar-refractivity contribution < 1.29 is 17.4 Å². The summed E-state index contributed by atoms with van der Waals surface area (Å²) < 4.78 is 77.9. The fourth-order valence-electron chi connectivity index (χ4n) is 8.57. The molecule has 8 rings (SSSR count). The van der Waals surface area contributed by atoms with E-state index in [1.165, 1.54) is 23.8 Å². The standard InChI is InChI=1S/C61H67N3O/c1-37-27-38(2)29-43(28-37)42-25-26-62-52(34-42)45-31-44(32-47(33-45)59(7,8)9)49-17-16-18-54-55(49)63-57(50-35-48(60(10,11)12)36-51(56(50)65)61(13,14)15)64(54)53-24-21-41(30-39(53)3)40-19-22-46(23-20-40)58(4,5)6/h16-36,65H,1-15H3/i1D3,2D3,3D3. The molecular weight excluding hydrogens is 791 g/mol. The van der Waals surface area contributed by atoms with Gasteiger partial charge in [-0.1, -0.05) is 167 Å². The molecule has 0 unspecified atom stereocenters. The molecule has 0 saturated carbocycles. The quantitative estimate of drug-likeness (QED) is 0.181. The van der Waals surface area contributed by atoms with Gasteiger partial charge in [0, 0.05) is 35.2 Å². The lowest BCUT2D eigenvalue weighted by Crippen LogP contribution is -2.17. The zero-order valence-corrected chi connectivity index (χ0v) is 39.9. The minimum atomic E-state index is -2.56. The molecule has 0 spiro atoms. The van der Waals surface area contributed by atoms with E-state index >= 15 is 0 Å². The van der Waals surface area contributed by atoms with Crippen LogP contribution in [-0.2, 0) is 21.7 Å². The first kappa shape index (κ1) is 35.1. The maximum atomic E-state index is 12.5. The summed E-state index contributed by atoms with van der Waals surface area (Å²) in [5, 5.41) is 12.5. The number of imidazole rings is 1. The number of para-hydroxylation sites is 1. The topological polar surface area (TPSA) is 50.9 Å². The van der Waals surface area contributed by atoms with Gasteiger partial charge in [-0.05, 0) is 141 Å². The normalized spacial score (nSPS) is 15.2. The Labute approximate surface area is 401 Å². The molecule has 2 heterocycles. The average molecular weight is 867 g/mol. The van der Waals surface area contributed by atoms with Gasteiger partial charge in [0.05, 0.1) is 28.0 Å². The SMILES string of the molecule is [2H]C([2H])([2H])c1cc(-c2ccnc(-c3cc(-c4cccc5c4nc(-c4cc(C(C)(C)C)cc(C(C)(C)C)c4O)n5-c4ccc(-c5ccc(C(C)(C)C)cc5)cc4C([2H])([2H])[2H])cc(C(C)(C)C)c3)c2)cc(C([2H])([2H])[2H])c1. The number of benzene rings is 6. The highest BCUT2D eigenvalue weighted by Gasteiger charge is 2.29. The fraction of sp³-hybridized carbons (Fsp3) is 0.311. The third-order valence-electron chi connectivity index (χ3n) is 12.5. The number of nitrogens with zero attached hydrogens (tertiary/aromatic N) is 3. The van der Waals surface area contributed by atoms with Crippen molar-refractivity contribution in [2.24, 2.45) is 0 Å². The molecule has 8 aromatic rings. The van der Waals surface area contributed by atoms with E-state index in [4.69, 9.17) is 22.3 Å². The summed E-state index contributed by atoms with van der Waals surface area (Å²) in [7, 11) is 0. The van der Waals surface area contributed by atoms with E-state index in [0.717, 1.165) is 44.5 Å². The molecule has 0 bridgehead atoms. The van der Waals surface area contributed by atoms with Gasteiger partial charge in [-0.2, -0.15) is 0 Å². The number of hydrogen-bond acceptors (Lipinski definition) is 3. The second kappa shape index (κ2) is 16.3. The highest BCUT2D eigenvalue weighted by Crippen LogP contribution is 2.45. The monoisotopic (exact) mass is 867 g/mol. The lowest BCUT2D eigenvalue weighted by atomic mass is 9.79. The van der Waals surface area contributed by atoms with Crippen LogP contribution in [0.2, 0.25) is 0 Å². The molecule has 4 heteroatoms. The number of rotatable bonds is 6. The summed E-state index contributed by atoms with van der Waals surface area (Å²) in [4.78, 5) is 10.3. The van der Waals surface area contributed by atoms with Crippen molar-refractivity contribution in [3.63, 3.8) is 0 Å². The van der Waals surface area contributed by atoms with E-state index < -0.39 is 26.0 Å². The highest BCUT2D eigenvalue weighted by atomic mass is 16.3. The van der Waals surface area contributed by atoms with Gasteiger partial charge in [-0.15, -0.1) is 0 Å². The van der Waals surface area contributed by atoms with Gasteiger partial charge in [0.25, 0.3) is 0 Å². The predicted molar refractivity (Wildman–Crippen MR) is 277 cm³/mol. The summed E-state index contributed by atoms with van der Waals surface area (Å²) in [5.74, 6) is 0.444. The molecule has 332 valence electrons. The molecule has 65 heavy (non-hydrogen) atoms. The van der Waals surface area contributed by atoms with Crippen molar-refractivity contribution >= 4 is 11.0 Å². The summed E-state index contributed by atoms with van der Waals surface area (Å²) in [6.45, 7) is 17.8. The average Bonchev–Trinajstić information content (AvgIpc) is 3.68. The third kappa shape index (κ3) is 9.06.